The van der Waals surface area contributed by atoms with E-state index in [1.54, 1.807) is 6.07 Å². The number of rotatable bonds is 3. The molecule has 0 bridgehead atoms. The maximum atomic E-state index is 13.2. The quantitative estimate of drug-likeness (QED) is 0.914. The third kappa shape index (κ3) is 2.30. The van der Waals surface area contributed by atoms with Gasteiger partial charge in [0.05, 0.1) is 24.3 Å². The molecule has 0 aliphatic carbocycles. The maximum absolute atomic E-state index is 13.2. The first-order valence-electron chi connectivity index (χ1n) is 5.06. The van der Waals surface area contributed by atoms with Gasteiger partial charge in [-0.1, -0.05) is 17.4 Å². The first kappa shape index (κ1) is 12.0. The molecule has 0 fully saturated rings. The molecule has 0 aliphatic heterocycles. The summed E-state index contributed by atoms with van der Waals surface area (Å²) >= 11 is 1.26. The zero-order chi connectivity index (χ0) is 12.4. The van der Waals surface area contributed by atoms with Crippen LogP contribution >= 0.6 is 11.3 Å². The van der Waals surface area contributed by atoms with E-state index >= 15 is 0 Å². The van der Waals surface area contributed by atoms with Gasteiger partial charge in [-0.05, 0) is 24.6 Å². The van der Waals surface area contributed by atoms with E-state index in [0.29, 0.717) is 21.3 Å². The predicted molar refractivity (Wildman–Crippen MR) is 64.7 cm³/mol. The van der Waals surface area contributed by atoms with Gasteiger partial charge >= 0.3 is 0 Å². The van der Waals surface area contributed by atoms with Crippen LogP contribution in [0, 0.1) is 12.7 Å². The van der Waals surface area contributed by atoms with Crippen LogP contribution in [0.3, 0.4) is 0 Å². The van der Waals surface area contributed by atoms with Crippen LogP contribution in [0.2, 0.25) is 0 Å². The lowest BCUT2D eigenvalue weighted by molar-refractivity contribution is 0.286. The molecule has 90 valence electrons. The van der Waals surface area contributed by atoms with Gasteiger partial charge in [-0.3, -0.25) is 0 Å². The first-order chi connectivity index (χ1) is 8.15. The molecule has 3 nitrogen and oxygen atoms in total. The highest BCUT2D eigenvalue weighted by molar-refractivity contribution is 7.13. The Hall–Kier alpha value is -1.46. The van der Waals surface area contributed by atoms with Crippen LogP contribution in [0.15, 0.2) is 18.2 Å². The van der Waals surface area contributed by atoms with E-state index in [-0.39, 0.29) is 12.4 Å². The van der Waals surface area contributed by atoms with Crippen molar-refractivity contribution >= 4 is 11.3 Å². The van der Waals surface area contributed by atoms with Gasteiger partial charge in [0.2, 0.25) is 0 Å². The topological polar surface area (TPSA) is 42.4 Å². The molecule has 0 spiro atoms. The first-order valence-corrected chi connectivity index (χ1v) is 5.88. The van der Waals surface area contributed by atoms with Crippen molar-refractivity contribution in [2.24, 2.45) is 0 Å². The molecule has 5 heteroatoms. The molecule has 2 aromatic rings. The van der Waals surface area contributed by atoms with E-state index in [9.17, 15) is 9.50 Å². The summed E-state index contributed by atoms with van der Waals surface area (Å²) in [6, 6.07) is 4.52. The molecule has 0 amide bonds. The number of halogens is 1. The number of hydrogen-bond donors (Lipinski definition) is 1. The van der Waals surface area contributed by atoms with Crippen molar-refractivity contribution in [2.45, 2.75) is 13.5 Å². The van der Waals surface area contributed by atoms with Crippen molar-refractivity contribution in [1.29, 1.82) is 0 Å². The Kier molecular flexibility index (Phi) is 3.40. The average molecular weight is 253 g/mol. The fourth-order valence-electron chi connectivity index (χ4n) is 1.58. The lowest BCUT2D eigenvalue weighted by Gasteiger charge is -2.04. The van der Waals surface area contributed by atoms with E-state index in [4.69, 9.17) is 4.74 Å². The summed E-state index contributed by atoms with van der Waals surface area (Å²) < 4.78 is 18.3. The third-order valence-electron chi connectivity index (χ3n) is 2.45. The standard InChI is InChI=1S/C12H12FNO2S/c1-7-3-4-8(13)5-9(7)11-10(6-15)17-12(14-11)16-2/h3-5,15H,6H2,1-2H3. The second-order valence-electron chi connectivity index (χ2n) is 3.57. The molecule has 1 aromatic heterocycles. The van der Waals surface area contributed by atoms with Crippen molar-refractivity contribution in [3.05, 3.63) is 34.5 Å². The molecular formula is C12H12FNO2S. The summed E-state index contributed by atoms with van der Waals surface area (Å²) in [7, 11) is 1.52. The minimum absolute atomic E-state index is 0.133. The number of aromatic nitrogens is 1. The fourth-order valence-corrected chi connectivity index (χ4v) is 2.33. The summed E-state index contributed by atoms with van der Waals surface area (Å²) in [4.78, 5) is 4.92. The average Bonchev–Trinajstić information content (AvgIpc) is 2.75. The molecule has 1 heterocycles. The zero-order valence-corrected chi connectivity index (χ0v) is 10.3. The SMILES string of the molecule is COc1nc(-c2cc(F)ccc2C)c(CO)s1. The number of thiazole rings is 1. The summed E-state index contributed by atoms with van der Waals surface area (Å²) in [5, 5.41) is 9.74. The summed E-state index contributed by atoms with van der Waals surface area (Å²) in [5.41, 5.74) is 2.19. The number of aryl methyl sites for hydroxylation is 1. The predicted octanol–water partition coefficient (Wildman–Crippen LogP) is 2.76. The van der Waals surface area contributed by atoms with Gasteiger partial charge in [0.15, 0.2) is 0 Å². The van der Waals surface area contributed by atoms with Crippen LogP contribution in [-0.4, -0.2) is 17.2 Å². The van der Waals surface area contributed by atoms with Crippen molar-refractivity contribution in [2.75, 3.05) is 7.11 Å². The van der Waals surface area contributed by atoms with Gasteiger partial charge in [-0.25, -0.2) is 9.37 Å². The number of hydrogen-bond acceptors (Lipinski definition) is 4. The molecule has 0 saturated heterocycles. The number of nitrogens with zero attached hydrogens (tertiary/aromatic N) is 1. The van der Waals surface area contributed by atoms with Crippen LogP contribution in [0.25, 0.3) is 11.3 Å². The molecule has 0 atom stereocenters. The largest absolute Gasteiger partial charge is 0.473 e. The van der Waals surface area contributed by atoms with E-state index < -0.39 is 0 Å². The molecular weight excluding hydrogens is 241 g/mol. The van der Waals surface area contributed by atoms with Crippen LogP contribution < -0.4 is 4.74 Å². The number of aliphatic hydroxyl groups excluding tert-OH is 1. The molecule has 0 aliphatic rings. The van der Waals surface area contributed by atoms with Gasteiger partial charge < -0.3 is 9.84 Å². The highest BCUT2D eigenvalue weighted by Gasteiger charge is 2.15. The summed E-state index contributed by atoms with van der Waals surface area (Å²) in [6.45, 7) is 1.74. The lowest BCUT2D eigenvalue weighted by atomic mass is 10.1. The molecule has 1 aromatic carbocycles. The minimum atomic E-state index is -0.318. The second kappa shape index (κ2) is 4.81. The van der Waals surface area contributed by atoms with Crippen molar-refractivity contribution in [3.8, 4) is 16.5 Å². The van der Waals surface area contributed by atoms with Crippen LogP contribution in [0.4, 0.5) is 4.39 Å². The van der Waals surface area contributed by atoms with Gasteiger partial charge in [-0.2, -0.15) is 0 Å². The van der Waals surface area contributed by atoms with Crippen LogP contribution in [0.5, 0.6) is 5.19 Å². The Morgan fingerprint density at radius 3 is 2.88 bits per heavy atom. The Bertz CT molecular complexity index is 539. The third-order valence-corrected chi connectivity index (χ3v) is 3.45. The monoisotopic (exact) mass is 253 g/mol. The normalized spacial score (nSPS) is 10.6. The maximum Gasteiger partial charge on any atom is 0.273 e. The highest BCUT2D eigenvalue weighted by Crippen LogP contribution is 2.34. The number of methoxy groups -OCH3 is 1. The van der Waals surface area contributed by atoms with E-state index in [1.807, 2.05) is 6.92 Å². The number of benzene rings is 1. The van der Waals surface area contributed by atoms with E-state index in [2.05, 4.69) is 4.98 Å². The second-order valence-corrected chi connectivity index (χ2v) is 4.62. The smallest absolute Gasteiger partial charge is 0.273 e. The molecule has 0 unspecified atom stereocenters. The van der Waals surface area contributed by atoms with Crippen molar-refractivity contribution < 1.29 is 14.2 Å². The zero-order valence-electron chi connectivity index (χ0n) is 9.53. The van der Waals surface area contributed by atoms with Crippen LogP contribution in [-0.2, 0) is 6.61 Å². The summed E-state index contributed by atoms with van der Waals surface area (Å²) in [5.74, 6) is -0.318. The van der Waals surface area contributed by atoms with Gasteiger partial charge in [0.25, 0.3) is 5.19 Å². The molecule has 1 N–H and O–H groups in total. The molecule has 17 heavy (non-hydrogen) atoms. The number of ether oxygens (including phenoxy) is 1. The van der Waals surface area contributed by atoms with Gasteiger partial charge in [0.1, 0.15) is 5.82 Å². The van der Waals surface area contributed by atoms with E-state index in [0.717, 1.165) is 5.56 Å². The van der Waals surface area contributed by atoms with Gasteiger partial charge in [0, 0.05) is 5.56 Å². The van der Waals surface area contributed by atoms with E-state index in [1.165, 1.54) is 30.6 Å². The Morgan fingerprint density at radius 1 is 1.47 bits per heavy atom. The summed E-state index contributed by atoms with van der Waals surface area (Å²) in [6.07, 6.45) is 0. The Labute approximate surface area is 103 Å². The minimum Gasteiger partial charge on any atom is -0.473 e. The molecule has 0 saturated carbocycles. The highest BCUT2D eigenvalue weighted by atomic mass is 32.1. The number of aliphatic hydroxyl groups is 1. The Morgan fingerprint density at radius 2 is 2.24 bits per heavy atom. The lowest BCUT2D eigenvalue weighted by Crippen LogP contribution is -1.90. The molecule has 2 rings (SSSR count). The van der Waals surface area contributed by atoms with Gasteiger partial charge in [-0.15, -0.1) is 0 Å². The van der Waals surface area contributed by atoms with Crippen LogP contribution in [0.1, 0.15) is 10.4 Å². The fraction of sp³-hybridized carbons (Fsp3) is 0.250. The molecule has 0 radical (unpaired) electrons. The Balaban J connectivity index is 2.58. The van der Waals surface area contributed by atoms with Crippen molar-refractivity contribution in [1.82, 2.24) is 4.98 Å². The van der Waals surface area contributed by atoms with Crippen molar-refractivity contribution in [3.63, 3.8) is 0 Å².